The number of aliphatic imine (C=N–C) groups is 2. The van der Waals surface area contributed by atoms with Crippen LogP contribution in [0.25, 0.3) is 66.3 Å². The number of methoxy groups -OCH3 is 6. The maximum Gasteiger partial charge on any atom is 0.410 e. The smallest absolute Gasteiger partial charge is 0.410 e. The van der Waals surface area contributed by atoms with E-state index in [1.165, 1.54) is 28.4 Å². The van der Waals surface area contributed by atoms with Crippen LogP contribution in [0.3, 0.4) is 0 Å². The summed E-state index contributed by atoms with van der Waals surface area (Å²) < 4.78 is 48.4. The Bertz CT molecular complexity index is 5690. The molecule has 131 heavy (non-hydrogen) atoms. The van der Waals surface area contributed by atoms with Gasteiger partial charge in [-0.1, -0.05) is 99.2 Å². The van der Waals surface area contributed by atoms with Gasteiger partial charge in [-0.15, -0.1) is 0 Å². The van der Waals surface area contributed by atoms with Gasteiger partial charge in [0.2, 0.25) is 17.7 Å². The minimum absolute atomic E-state index is 0. The number of carbonyl (C=O) groups excluding carboxylic acids is 8. The van der Waals surface area contributed by atoms with Gasteiger partial charge >= 0.3 is 36.4 Å². The van der Waals surface area contributed by atoms with Crippen molar-refractivity contribution in [2.45, 2.75) is 202 Å². The first-order chi connectivity index (χ1) is 62.2. The van der Waals surface area contributed by atoms with Crippen molar-refractivity contribution >= 4 is 98.5 Å². The molecular weight excluding hydrogens is 1680 g/mol. The van der Waals surface area contributed by atoms with E-state index in [4.69, 9.17) is 63.0 Å². The van der Waals surface area contributed by atoms with Gasteiger partial charge < -0.3 is 93.7 Å². The number of likely N-dealkylation sites (tertiary alicyclic amines) is 4. The zero-order valence-electron chi connectivity index (χ0n) is 77.0. The molecule has 0 bridgehead atoms. The Morgan fingerprint density at radius 2 is 0.863 bits per heavy atom. The fourth-order valence-corrected chi connectivity index (χ4v) is 19.0. The summed E-state index contributed by atoms with van der Waals surface area (Å²) in [4.78, 5) is 146. The Balaban J connectivity index is 0.000000197. The number of H-pyrrole nitrogens is 2. The number of alkyl carbamates (subject to hydrolysis) is 4. The van der Waals surface area contributed by atoms with Crippen LogP contribution in [0.1, 0.15) is 168 Å². The molecule has 10 atom stereocenters. The first-order valence-electron chi connectivity index (χ1n) is 44.7. The lowest BCUT2D eigenvalue weighted by molar-refractivity contribution is -0.140. The van der Waals surface area contributed by atoms with Crippen molar-refractivity contribution in [1.82, 2.24) is 60.8 Å². The molecule has 0 aliphatic carbocycles. The number of benzene rings is 6. The van der Waals surface area contributed by atoms with Gasteiger partial charge in [0.25, 0.3) is 0 Å². The highest BCUT2D eigenvalue weighted by molar-refractivity contribution is 6.08. The predicted octanol–water partition coefficient (Wildman–Crippen LogP) is 15.5. The largest absolute Gasteiger partial charge is 0.488 e. The van der Waals surface area contributed by atoms with Gasteiger partial charge in [0, 0.05) is 87.6 Å². The summed E-state index contributed by atoms with van der Waals surface area (Å²) in [5.74, 6) is 1.39. The molecule has 8 aliphatic rings. The molecule has 2 aromatic heterocycles. The minimum Gasteiger partial charge on any atom is -0.488 e. The van der Waals surface area contributed by atoms with Gasteiger partial charge in [-0.3, -0.25) is 29.3 Å². The summed E-state index contributed by atoms with van der Waals surface area (Å²) in [5.41, 5.74) is 15.4. The highest BCUT2D eigenvalue weighted by Crippen LogP contribution is 2.49. The fourth-order valence-electron chi connectivity index (χ4n) is 19.0. The van der Waals surface area contributed by atoms with E-state index >= 15 is 0 Å². The molecule has 6 aromatic carbocycles. The molecule has 4 saturated heterocycles. The molecule has 8 aromatic rings. The van der Waals surface area contributed by atoms with Gasteiger partial charge in [-0.2, -0.15) is 0 Å². The van der Waals surface area contributed by atoms with Crippen LogP contribution in [-0.4, -0.2) is 234 Å². The SMILES string of the molecule is C.COC(=O)N[C@H](C(=O)O)C(C)C.COC[C@H]1C[C@@H](C2=Nc3ccc4cc5c(cc4c3C2)OCc2cc(-c3cnc([C@@H]4CCCN4C(=O)[C@@H](NC(=O)OC)C(C)C)[nH]3)ccc2-5)N(C(=O)OC(C)(C)C)C1.COC[C@H]1C[C@@H](C2=Nc3ccc4cc5c(cc4c3C2)OCc2cc(-c3cnc([C@@H]4CCCN4C(=O)[C@@H](NC(=O)OC)C(C)C)[nH]3)ccc2-5)N(C(=O)[C@@H](NC(=O)OC)C(C)C)C1. The number of fused-ring (bicyclic) bond motifs is 12. The quantitative estimate of drug-likeness (QED) is 0.0310. The molecule has 0 saturated carbocycles. The van der Waals surface area contributed by atoms with Crippen molar-refractivity contribution in [3.8, 4) is 56.3 Å². The molecule has 0 spiro atoms. The van der Waals surface area contributed by atoms with Crippen LogP contribution >= 0.6 is 0 Å². The van der Waals surface area contributed by atoms with E-state index < -0.39 is 60.1 Å². The number of amides is 8. The van der Waals surface area contributed by atoms with E-state index in [1.807, 2.05) is 94.3 Å². The zero-order valence-corrected chi connectivity index (χ0v) is 77.0. The van der Waals surface area contributed by atoms with Crippen molar-refractivity contribution in [1.29, 1.82) is 0 Å². The van der Waals surface area contributed by atoms with Crippen LogP contribution in [0.5, 0.6) is 11.5 Å². The Hall–Kier alpha value is -12.7. The lowest BCUT2D eigenvalue weighted by Gasteiger charge is -2.31. The van der Waals surface area contributed by atoms with Crippen LogP contribution in [-0.2, 0) is 78.4 Å². The number of rotatable bonds is 22. The third-order valence-electron chi connectivity index (χ3n) is 25.6. The van der Waals surface area contributed by atoms with E-state index in [-0.39, 0.29) is 90.9 Å². The molecule has 8 amide bonds. The van der Waals surface area contributed by atoms with Gasteiger partial charge in [0.1, 0.15) is 66.1 Å². The van der Waals surface area contributed by atoms with Crippen LogP contribution < -0.4 is 30.7 Å². The van der Waals surface area contributed by atoms with Crippen LogP contribution in [0.4, 0.5) is 35.3 Å². The number of aromatic nitrogens is 4. The van der Waals surface area contributed by atoms with Gasteiger partial charge in [-0.05, 0) is 198 Å². The van der Waals surface area contributed by atoms with Gasteiger partial charge in [-0.25, -0.2) is 38.7 Å². The number of aliphatic carboxylic acids is 1. The summed E-state index contributed by atoms with van der Waals surface area (Å²) in [7, 11) is 8.44. The molecule has 16 rings (SSSR count). The second-order valence-electron chi connectivity index (χ2n) is 36.9. The third-order valence-corrected chi connectivity index (χ3v) is 25.6. The van der Waals surface area contributed by atoms with Crippen molar-refractivity contribution in [2.24, 2.45) is 45.5 Å². The molecule has 0 unspecified atom stereocenters. The number of nitrogens with one attached hydrogen (secondary N) is 6. The summed E-state index contributed by atoms with van der Waals surface area (Å²) in [6.45, 7) is 24.7. The van der Waals surface area contributed by atoms with Gasteiger partial charge in [0.05, 0.1) is 101 Å². The second-order valence-corrected chi connectivity index (χ2v) is 36.9. The van der Waals surface area contributed by atoms with E-state index in [0.717, 1.165) is 167 Å². The number of aromatic amines is 2. The average Bonchev–Trinajstić information content (AvgIpc) is 1.73. The van der Waals surface area contributed by atoms with Crippen LogP contribution in [0, 0.1) is 35.5 Å². The average molecular weight is 1800 g/mol. The maximum absolute atomic E-state index is 14.1. The molecular formula is C98H124N14O19. The monoisotopic (exact) mass is 1800 g/mol. The molecule has 4 fully saturated rings. The fraction of sp³-hybridized carbons (Fsp3) is 0.500. The summed E-state index contributed by atoms with van der Waals surface area (Å²) in [5, 5.41) is 23.3. The van der Waals surface area contributed by atoms with E-state index in [9.17, 15) is 43.2 Å². The molecule has 700 valence electrons. The Kier molecular flexibility index (Phi) is 29.9. The van der Waals surface area contributed by atoms with Gasteiger partial charge in [0.15, 0.2) is 0 Å². The molecule has 10 heterocycles. The predicted molar refractivity (Wildman–Crippen MR) is 495 cm³/mol. The first-order valence-corrected chi connectivity index (χ1v) is 44.7. The Morgan fingerprint density at radius 3 is 1.24 bits per heavy atom. The normalized spacial score (nSPS) is 19.4. The van der Waals surface area contributed by atoms with Crippen molar-refractivity contribution in [3.63, 3.8) is 0 Å². The summed E-state index contributed by atoms with van der Waals surface area (Å²) >= 11 is 0. The van der Waals surface area contributed by atoms with Crippen LogP contribution in [0.2, 0.25) is 0 Å². The molecule has 8 aliphatic heterocycles. The number of carbonyl (C=O) groups is 9. The van der Waals surface area contributed by atoms with E-state index in [2.05, 4.69) is 121 Å². The minimum atomic E-state index is -1.06. The maximum atomic E-state index is 14.1. The summed E-state index contributed by atoms with van der Waals surface area (Å²) in [6, 6.07) is 25.9. The van der Waals surface area contributed by atoms with Crippen molar-refractivity contribution < 1.29 is 90.9 Å². The Morgan fingerprint density at radius 1 is 0.481 bits per heavy atom. The van der Waals surface area contributed by atoms with Crippen molar-refractivity contribution in [2.75, 3.05) is 82.1 Å². The molecule has 0 radical (unpaired) electrons. The third kappa shape index (κ3) is 20.7. The highest BCUT2D eigenvalue weighted by atomic mass is 16.6. The number of carboxylic acids is 1. The number of hydrogen-bond donors (Lipinski definition) is 7. The number of nitrogens with zero attached hydrogens (tertiary/aromatic N) is 8. The first kappa shape index (κ1) is 95.9. The summed E-state index contributed by atoms with van der Waals surface area (Å²) in [6.07, 6.45) is 6.68. The van der Waals surface area contributed by atoms with E-state index in [0.29, 0.717) is 71.3 Å². The molecule has 33 nitrogen and oxygen atoms in total. The lowest BCUT2D eigenvalue weighted by atomic mass is 9.90. The number of carboxylic acid groups (broad SMARTS) is 1. The number of imidazole rings is 2. The van der Waals surface area contributed by atoms with Crippen molar-refractivity contribution in [3.05, 3.63) is 131 Å². The molecule has 33 heteroatoms. The lowest BCUT2D eigenvalue weighted by Crippen LogP contribution is -2.53. The number of ether oxygens (including phenoxy) is 9. The standard InChI is InChI=1S/C46H55N7O8.C44H52N6O7.C7H13NO4.CH4/c1-24(2)40(50-45(56)59-6)43(54)52-14-8-9-37(52)42-47-20-36(49-42)28-10-12-30-29(16-28)23-61-39-19-31-27(17-33(30)39)11-13-34-32(31)18-35(48-34)38-15-26(22-58-5)21-53(38)44(55)41(25(3)4)51-46(57)60-7;1-24(2)39(48-42(52)55-7)41(51)49-14-8-9-36(49)40-45-20-35(47-40)27-10-12-29-28(16-27)23-56-38-19-30-26(17-32(29)38)11-13-33-31(30)18-34(46-33)37-15-25(22-54-6)21-50(37)43(53)57-44(3,4)5;1-4(2)5(6(9)10)8-7(11)12-3;/h10-13,16-17,19-20,24-26,37-38,40-41H,8-9,14-15,18,21-23H2,1-7H3,(H,47,49)(H,50,56)(H,51,57);10-13,16-17,19-20,24-25,36-37,39H,8-9,14-15,18,21-23H2,1-7H3,(H,45,47)(H,48,52);4-5H,1-3H3,(H,8,11)(H,9,10);1H4/t26-,37-,38-,40-,41-;25-,36-,37-,39-;5-;/m000./s1. The second kappa shape index (κ2) is 40.8. The number of hydrogen-bond acceptors (Lipinski definition) is 22. The Labute approximate surface area is 763 Å². The topological polar surface area (TPSA) is 400 Å². The van der Waals surface area contributed by atoms with E-state index in [1.54, 1.807) is 28.1 Å². The van der Waals surface area contributed by atoms with Crippen LogP contribution in [0.15, 0.2) is 107 Å². The molecule has 7 N–H and O–H groups in total. The highest BCUT2D eigenvalue weighted by Gasteiger charge is 2.46. The zero-order chi connectivity index (χ0) is 93.0.